The number of rotatable bonds is 2. The molecule has 6 nitrogen and oxygen atoms in total. The van der Waals surface area contributed by atoms with Crippen molar-refractivity contribution >= 4 is 34.9 Å². The van der Waals surface area contributed by atoms with Crippen molar-refractivity contribution in [3.05, 3.63) is 75.8 Å². The molecule has 2 heterocycles. The minimum Gasteiger partial charge on any atom is -0.338 e. The minimum atomic E-state index is -0.345. The zero-order valence-electron chi connectivity index (χ0n) is 16.2. The van der Waals surface area contributed by atoms with Crippen LogP contribution in [0, 0.1) is 11.3 Å². The lowest BCUT2D eigenvalue weighted by molar-refractivity contribution is -0.127. The first-order chi connectivity index (χ1) is 14.6. The molecule has 1 fully saturated rings. The summed E-state index contributed by atoms with van der Waals surface area (Å²) in [5, 5.41) is 13.1. The van der Waals surface area contributed by atoms with Gasteiger partial charge in [-0.25, -0.2) is 4.99 Å². The van der Waals surface area contributed by atoms with E-state index < -0.39 is 0 Å². The average Bonchev–Trinajstić information content (AvgIpc) is 3.13. The van der Waals surface area contributed by atoms with Crippen molar-refractivity contribution in [3.8, 4) is 6.07 Å². The summed E-state index contributed by atoms with van der Waals surface area (Å²) in [6.07, 6.45) is 2.95. The highest BCUT2D eigenvalue weighted by molar-refractivity contribution is 6.30. The lowest BCUT2D eigenvalue weighted by atomic mass is 10.0. The second-order valence-electron chi connectivity index (χ2n) is 7.16. The van der Waals surface area contributed by atoms with Crippen molar-refractivity contribution < 1.29 is 9.59 Å². The number of nitrogens with one attached hydrogen (secondary N) is 1. The van der Waals surface area contributed by atoms with E-state index in [0.717, 1.165) is 19.3 Å². The number of nitrogens with zero attached hydrogens (tertiary/aromatic N) is 3. The van der Waals surface area contributed by atoms with Crippen LogP contribution < -0.4 is 5.32 Å². The number of amides is 2. The highest BCUT2D eigenvalue weighted by atomic mass is 35.5. The van der Waals surface area contributed by atoms with Crippen LogP contribution >= 0.6 is 11.6 Å². The number of likely N-dealkylation sites (tertiary alicyclic amines) is 1. The summed E-state index contributed by atoms with van der Waals surface area (Å²) in [6.45, 7) is 1.28. The van der Waals surface area contributed by atoms with Gasteiger partial charge in [-0.2, -0.15) is 5.26 Å². The molecule has 0 atom stereocenters. The molecule has 2 aliphatic rings. The predicted octanol–water partition coefficient (Wildman–Crippen LogP) is 3.78. The van der Waals surface area contributed by atoms with Gasteiger partial charge in [0.25, 0.3) is 11.8 Å². The van der Waals surface area contributed by atoms with Crippen molar-refractivity contribution in [1.29, 1.82) is 5.26 Å². The zero-order chi connectivity index (χ0) is 21.1. The number of hydrogen-bond donors (Lipinski definition) is 1. The maximum absolute atomic E-state index is 13.0. The van der Waals surface area contributed by atoms with Gasteiger partial charge in [-0.3, -0.25) is 9.59 Å². The first kappa shape index (κ1) is 19.9. The highest BCUT2D eigenvalue weighted by Gasteiger charge is 2.29. The van der Waals surface area contributed by atoms with E-state index in [1.807, 2.05) is 24.3 Å². The van der Waals surface area contributed by atoms with Gasteiger partial charge in [0.05, 0.1) is 5.70 Å². The molecule has 0 spiro atoms. The first-order valence-corrected chi connectivity index (χ1v) is 10.2. The lowest BCUT2D eigenvalue weighted by Gasteiger charge is -2.26. The number of piperidine rings is 1. The van der Waals surface area contributed by atoms with Gasteiger partial charge in [0.1, 0.15) is 17.5 Å². The standard InChI is InChI=1S/C23H19ClN4O2/c24-16-10-8-15(9-11-16)22(29)27-21-18-7-3-2-6-17(18)20(26-21)19(14-25)23(30)28-12-4-1-5-13-28/h2-3,6-11H,1,4-5,12-13H2,(H,26,27,29). The Kier molecular flexibility index (Phi) is 5.64. The molecule has 0 unspecified atom stereocenters. The molecule has 0 saturated carbocycles. The van der Waals surface area contributed by atoms with E-state index in [1.165, 1.54) is 0 Å². The second kappa shape index (κ2) is 8.52. The molecule has 1 saturated heterocycles. The van der Waals surface area contributed by atoms with Gasteiger partial charge in [-0.05, 0) is 43.5 Å². The first-order valence-electron chi connectivity index (χ1n) is 9.77. The molecular weight excluding hydrogens is 400 g/mol. The van der Waals surface area contributed by atoms with Crippen molar-refractivity contribution in [2.24, 2.45) is 4.99 Å². The third-order valence-electron chi connectivity index (χ3n) is 5.21. The number of fused-ring (bicyclic) bond motifs is 1. The van der Waals surface area contributed by atoms with Crippen LogP contribution in [0.25, 0.3) is 5.70 Å². The van der Waals surface area contributed by atoms with Gasteiger partial charge >= 0.3 is 0 Å². The SMILES string of the molecule is N#CC(C(=O)N1CCCCC1)=C1N=C(NC(=O)c2ccc(Cl)cc2)c2ccccc21. The highest BCUT2D eigenvalue weighted by Crippen LogP contribution is 2.31. The normalized spacial score (nSPS) is 16.9. The number of nitriles is 1. The van der Waals surface area contributed by atoms with Gasteiger partial charge in [-0.15, -0.1) is 0 Å². The van der Waals surface area contributed by atoms with E-state index in [4.69, 9.17) is 11.6 Å². The lowest BCUT2D eigenvalue weighted by Crippen LogP contribution is -2.36. The smallest absolute Gasteiger partial charge is 0.266 e. The Morgan fingerprint density at radius 3 is 2.33 bits per heavy atom. The molecular formula is C23H19ClN4O2. The van der Waals surface area contributed by atoms with Crippen LogP contribution in [0.4, 0.5) is 0 Å². The number of carbonyl (C=O) groups excluding carboxylic acids is 2. The minimum absolute atomic E-state index is 0.0000851. The van der Waals surface area contributed by atoms with Crippen molar-refractivity contribution in [2.75, 3.05) is 13.1 Å². The zero-order valence-corrected chi connectivity index (χ0v) is 16.9. The maximum Gasteiger partial charge on any atom is 0.266 e. The summed E-state index contributed by atoms with van der Waals surface area (Å²) in [5.74, 6) is -0.335. The number of aliphatic imine (C=N–C) groups is 1. The van der Waals surface area contributed by atoms with E-state index in [2.05, 4.69) is 10.3 Å². The fourth-order valence-corrected chi connectivity index (χ4v) is 3.78. The molecule has 4 rings (SSSR count). The summed E-state index contributed by atoms with van der Waals surface area (Å²) in [6, 6.07) is 15.8. The molecule has 0 bridgehead atoms. The van der Waals surface area contributed by atoms with E-state index in [-0.39, 0.29) is 17.4 Å². The number of amidine groups is 1. The largest absolute Gasteiger partial charge is 0.338 e. The van der Waals surface area contributed by atoms with Gasteiger partial charge in [0.2, 0.25) is 0 Å². The molecule has 2 amide bonds. The van der Waals surface area contributed by atoms with Crippen LogP contribution in [0.2, 0.25) is 5.02 Å². The molecule has 1 N–H and O–H groups in total. The molecule has 0 aliphatic carbocycles. The van der Waals surface area contributed by atoms with Gasteiger partial charge in [0, 0.05) is 34.8 Å². The fraction of sp³-hybridized carbons (Fsp3) is 0.217. The summed E-state index contributed by atoms with van der Waals surface area (Å²) in [4.78, 5) is 31.8. The van der Waals surface area contributed by atoms with Crippen LogP contribution in [-0.4, -0.2) is 35.6 Å². The van der Waals surface area contributed by atoms with Crippen molar-refractivity contribution in [3.63, 3.8) is 0 Å². The fourth-order valence-electron chi connectivity index (χ4n) is 3.65. The third kappa shape index (κ3) is 3.85. The predicted molar refractivity (Wildman–Crippen MR) is 115 cm³/mol. The summed E-state index contributed by atoms with van der Waals surface area (Å²) >= 11 is 5.89. The number of carbonyl (C=O) groups is 2. The molecule has 0 aromatic heterocycles. The van der Waals surface area contributed by atoms with Crippen LogP contribution in [0.3, 0.4) is 0 Å². The van der Waals surface area contributed by atoms with E-state index in [1.54, 1.807) is 35.2 Å². The quantitative estimate of drug-likeness (QED) is 0.594. The summed E-state index contributed by atoms with van der Waals surface area (Å²) in [5.41, 5.74) is 2.07. The molecule has 2 aromatic rings. The number of hydrogen-bond acceptors (Lipinski definition) is 4. The Morgan fingerprint density at radius 1 is 1.00 bits per heavy atom. The maximum atomic E-state index is 13.0. The molecule has 2 aromatic carbocycles. The number of halogens is 1. The molecule has 7 heteroatoms. The number of benzene rings is 2. The van der Waals surface area contributed by atoms with Gasteiger partial charge in [-0.1, -0.05) is 35.9 Å². The van der Waals surface area contributed by atoms with Crippen LogP contribution in [-0.2, 0) is 4.79 Å². The van der Waals surface area contributed by atoms with Crippen LogP contribution in [0.5, 0.6) is 0 Å². The van der Waals surface area contributed by atoms with Crippen molar-refractivity contribution in [2.45, 2.75) is 19.3 Å². The molecule has 150 valence electrons. The topological polar surface area (TPSA) is 85.6 Å². The summed E-state index contributed by atoms with van der Waals surface area (Å²) < 4.78 is 0. The molecule has 0 radical (unpaired) electrons. The summed E-state index contributed by atoms with van der Waals surface area (Å²) in [7, 11) is 0. The monoisotopic (exact) mass is 418 g/mol. The second-order valence-corrected chi connectivity index (χ2v) is 7.59. The van der Waals surface area contributed by atoms with Gasteiger partial charge in [0.15, 0.2) is 0 Å². The van der Waals surface area contributed by atoms with Crippen LogP contribution in [0.15, 0.2) is 59.1 Å². The molecule has 30 heavy (non-hydrogen) atoms. The van der Waals surface area contributed by atoms with Gasteiger partial charge < -0.3 is 10.2 Å². The third-order valence-corrected chi connectivity index (χ3v) is 5.46. The van der Waals surface area contributed by atoms with E-state index in [0.29, 0.717) is 46.3 Å². The Morgan fingerprint density at radius 2 is 1.67 bits per heavy atom. The Balaban J connectivity index is 1.70. The Hall–Kier alpha value is -3.43. The van der Waals surface area contributed by atoms with Crippen LogP contribution in [0.1, 0.15) is 40.7 Å². The Labute approximate surface area is 179 Å². The average molecular weight is 419 g/mol. The van der Waals surface area contributed by atoms with E-state index >= 15 is 0 Å². The Bertz CT molecular complexity index is 1110. The molecule has 2 aliphatic heterocycles. The van der Waals surface area contributed by atoms with Crippen molar-refractivity contribution in [1.82, 2.24) is 10.2 Å². The van der Waals surface area contributed by atoms with E-state index in [9.17, 15) is 14.9 Å².